The van der Waals surface area contributed by atoms with Crippen LogP contribution in [0.5, 0.6) is 0 Å². The van der Waals surface area contributed by atoms with Crippen LogP contribution >= 0.6 is 0 Å². The third-order valence-corrected chi connectivity index (χ3v) is 3.72. The molecule has 110 valence electrons. The Morgan fingerprint density at radius 1 is 1.35 bits per heavy atom. The summed E-state index contributed by atoms with van der Waals surface area (Å²) in [4.78, 5) is 15.9. The average Bonchev–Trinajstić information content (AvgIpc) is 2.97. The van der Waals surface area contributed by atoms with Gasteiger partial charge < -0.3 is 4.90 Å². The van der Waals surface area contributed by atoms with Crippen molar-refractivity contribution in [2.75, 3.05) is 24.5 Å². The lowest BCUT2D eigenvalue weighted by atomic mass is 9.96. The van der Waals surface area contributed by atoms with Crippen molar-refractivity contribution in [1.29, 1.82) is 0 Å². The average molecular weight is 278 g/mol. The van der Waals surface area contributed by atoms with E-state index in [9.17, 15) is 4.79 Å². The molecule has 1 aromatic rings. The second kappa shape index (κ2) is 7.75. The maximum Gasteiger partial charge on any atom is 0.245 e. The Labute approximate surface area is 119 Å². The zero-order valence-corrected chi connectivity index (χ0v) is 12.0. The molecule has 0 spiro atoms. The highest BCUT2D eigenvalue weighted by atomic mass is 16.1. The van der Waals surface area contributed by atoms with Gasteiger partial charge in [-0.1, -0.05) is 31.3 Å². The van der Waals surface area contributed by atoms with Crippen molar-refractivity contribution in [1.82, 2.24) is 20.2 Å². The predicted molar refractivity (Wildman–Crippen MR) is 75.4 cm³/mol. The Morgan fingerprint density at radius 3 is 2.85 bits per heavy atom. The van der Waals surface area contributed by atoms with E-state index < -0.39 is 0 Å². The lowest BCUT2D eigenvalue weighted by Crippen LogP contribution is -2.31. The third-order valence-electron chi connectivity index (χ3n) is 3.72. The summed E-state index contributed by atoms with van der Waals surface area (Å²) in [5, 5.41) is 12.2. The first kappa shape index (κ1) is 14.7. The topological polar surface area (TPSA) is 76.3 Å². The Morgan fingerprint density at radius 2 is 2.15 bits per heavy atom. The second-order valence-electron chi connectivity index (χ2n) is 5.18. The maximum absolute atomic E-state index is 10.2. The van der Waals surface area contributed by atoms with Crippen LogP contribution in [0.3, 0.4) is 0 Å². The number of carbonyl (C=O) groups excluding carboxylic acids is 1. The van der Waals surface area contributed by atoms with Gasteiger partial charge in [-0.25, -0.2) is 14.5 Å². The molecular formula is C13H22N6O. The fourth-order valence-corrected chi connectivity index (χ4v) is 2.76. The summed E-state index contributed by atoms with van der Waals surface area (Å²) in [6.45, 7) is 4.06. The molecule has 1 heterocycles. The molecule has 0 unspecified atom stereocenters. The standard InChI is InChI=1S/C13H22N6O/c1-2-9-18(10-8-14-11-20)13-15-16-17-19(13)12-6-4-3-5-7-12/h12H,2-10H2,1H3. The van der Waals surface area contributed by atoms with Crippen molar-refractivity contribution in [3.63, 3.8) is 0 Å². The molecule has 0 radical (unpaired) electrons. The summed E-state index contributed by atoms with van der Waals surface area (Å²) in [6, 6.07) is 0.405. The van der Waals surface area contributed by atoms with Gasteiger partial charge in [0.15, 0.2) is 0 Å². The van der Waals surface area contributed by atoms with Crippen LogP contribution in [0.15, 0.2) is 4.99 Å². The lowest BCUT2D eigenvalue weighted by Gasteiger charge is -2.27. The van der Waals surface area contributed by atoms with Crippen molar-refractivity contribution in [2.24, 2.45) is 4.99 Å². The van der Waals surface area contributed by atoms with E-state index in [4.69, 9.17) is 0 Å². The fourth-order valence-electron chi connectivity index (χ4n) is 2.76. The number of anilines is 1. The monoisotopic (exact) mass is 278 g/mol. The molecular weight excluding hydrogens is 256 g/mol. The molecule has 0 aliphatic heterocycles. The molecule has 1 aromatic heterocycles. The molecule has 20 heavy (non-hydrogen) atoms. The highest BCUT2D eigenvalue weighted by Crippen LogP contribution is 2.29. The van der Waals surface area contributed by atoms with E-state index in [1.807, 2.05) is 4.68 Å². The Bertz CT molecular complexity index is 447. The van der Waals surface area contributed by atoms with Crippen molar-refractivity contribution >= 4 is 12.0 Å². The summed E-state index contributed by atoms with van der Waals surface area (Å²) < 4.78 is 1.96. The van der Waals surface area contributed by atoms with E-state index in [1.54, 1.807) is 6.08 Å². The normalized spacial score (nSPS) is 15.8. The van der Waals surface area contributed by atoms with Crippen molar-refractivity contribution in [2.45, 2.75) is 51.5 Å². The molecule has 0 atom stereocenters. The number of aromatic nitrogens is 4. The van der Waals surface area contributed by atoms with E-state index in [1.165, 1.54) is 19.3 Å². The van der Waals surface area contributed by atoms with Crippen LogP contribution in [-0.2, 0) is 4.79 Å². The van der Waals surface area contributed by atoms with Gasteiger partial charge in [0, 0.05) is 13.1 Å². The zero-order chi connectivity index (χ0) is 14.2. The van der Waals surface area contributed by atoms with E-state index in [0.29, 0.717) is 19.1 Å². The Kier molecular flexibility index (Phi) is 5.68. The number of hydrogen-bond donors (Lipinski definition) is 0. The Hall–Kier alpha value is -1.75. The number of tetrazole rings is 1. The van der Waals surface area contributed by atoms with Crippen molar-refractivity contribution < 1.29 is 4.79 Å². The van der Waals surface area contributed by atoms with Gasteiger partial charge in [0.2, 0.25) is 12.0 Å². The van der Waals surface area contributed by atoms with Gasteiger partial charge in [0.25, 0.3) is 0 Å². The molecule has 1 saturated carbocycles. The minimum atomic E-state index is 0.405. The van der Waals surface area contributed by atoms with Crippen molar-refractivity contribution in [3.05, 3.63) is 0 Å². The summed E-state index contributed by atoms with van der Waals surface area (Å²) in [5.74, 6) is 0.805. The largest absolute Gasteiger partial charge is 0.338 e. The van der Waals surface area contributed by atoms with E-state index in [2.05, 4.69) is 32.3 Å². The zero-order valence-electron chi connectivity index (χ0n) is 12.0. The van der Waals surface area contributed by atoms with Crippen LogP contribution in [0.1, 0.15) is 51.5 Å². The molecule has 1 aliphatic rings. The molecule has 0 N–H and O–H groups in total. The first-order valence-electron chi connectivity index (χ1n) is 7.43. The van der Waals surface area contributed by atoms with Crippen LogP contribution in [0, 0.1) is 0 Å². The van der Waals surface area contributed by atoms with E-state index in [0.717, 1.165) is 31.8 Å². The molecule has 0 saturated heterocycles. The molecule has 7 heteroatoms. The number of isocyanates is 1. The van der Waals surface area contributed by atoms with Crippen LogP contribution < -0.4 is 4.90 Å². The van der Waals surface area contributed by atoms with Crippen LogP contribution in [0.2, 0.25) is 0 Å². The molecule has 0 bridgehead atoms. The summed E-state index contributed by atoms with van der Waals surface area (Å²) >= 11 is 0. The molecule has 7 nitrogen and oxygen atoms in total. The predicted octanol–water partition coefficient (Wildman–Crippen LogP) is 1.73. The summed E-state index contributed by atoms with van der Waals surface area (Å²) in [7, 11) is 0. The number of nitrogens with zero attached hydrogens (tertiary/aromatic N) is 6. The van der Waals surface area contributed by atoms with Crippen molar-refractivity contribution in [3.8, 4) is 0 Å². The maximum atomic E-state index is 10.2. The van der Waals surface area contributed by atoms with E-state index >= 15 is 0 Å². The number of aliphatic imine (C=N–C) groups is 1. The highest BCUT2D eigenvalue weighted by Gasteiger charge is 2.22. The first-order chi connectivity index (χ1) is 9.86. The lowest BCUT2D eigenvalue weighted by molar-refractivity contribution is 0.324. The summed E-state index contributed by atoms with van der Waals surface area (Å²) in [5.41, 5.74) is 0. The number of hydrogen-bond acceptors (Lipinski definition) is 6. The summed E-state index contributed by atoms with van der Waals surface area (Å²) in [6.07, 6.45) is 8.66. The smallest absolute Gasteiger partial charge is 0.245 e. The van der Waals surface area contributed by atoms with Gasteiger partial charge in [-0.05, 0) is 29.7 Å². The second-order valence-corrected chi connectivity index (χ2v) is 5.18. The van der Waals surface area contributed by atoms with Gasteiger partial charge in [-0.2, -0.15) is 0 Å². The van der Waals surface area contributed by atoms with Crippen LogP contribution in [0.4, 0.5) is 5.95 Å². The van der Waals surface area contributed by atoms with Gasteiger partial charge in [-0.3, -0.25) is 0 Å². The molecule has 1 aliphatic carbocycles. The first-order valence-corrected chi connectivity index (χ1v) is 7.43. The van der Waals surface area contributed by atoms with Crippen LogP contribution in [-0.4, -0.2) is 45.9 Å². The number of rotatable bonds is 7. The molecule has 2 rings (SSSR count). The Balaban J connectivity index is 2.11. The molecule has 1 fully saturated rings. The van der Waals surface area contributed by atoms with Gasteiger partial charge >= 0.3 is 0 Å². The van der Waals surface area contributed by atoms with Crippen LogP contribution in [0.25, 0.3) is 0 Å². The minimum absolute atomic E-state index is 0.405. The van der Waals surface area contributed by atoms with Gasteiger partial charge in [0.1, 0.15) is 0 Å². The SMILES string of the molecule is CCCN(CCN=C=O)c1nnnn1C1CCCCC1. The quantitative estimate of drug-likeness (QED) is 0.561. The fraction of sp³-hybridized carbons (Fsp3) is 0.846. The molecule has 0 aromatic carbocycles. The third kappa shape index (κ3) is 3.63. The van der Waals surface area contributed by atoms with Gasteiger partial charge in [-0.15, -0.1) is 0 Å². The molecule has 0 amide bonds. The minimum Gasteiger partial charge on any atom is -0.338 e. The highest BCUT2D eigenvalue weighted by molar-refractivity contribution is 5.33. The van der Waals surface area contributed by atoms with Gasteiger partial charge in [0.05, 0.1) is 12.6 Å². The van der Waals surface area contributed by atoms with E-state index in [-0.39, 0.29) is 0 Å².